The molecule has 0 bridgehead atoms. The number of nitrogens with zero attached hydrogens (tertiary/aromatic N) is 1. The second-order valence-corrected chi connectivity index (χ2v) is 6.35. The first-order valence-corrected chi connectivity index (χ1v) is 8.31. The van der Waals surface area contributed by atoms with E-state index in [1.165, 1.54) is 12.1 Å². The van der Waals surface area contributed by atoms with Crippen LogP contribution in [-0.4, -0.2) is 24.0 Å². The lowest BCUT2D eigenvalue weighted by molar-refractivity contribution is -0.119. The van der Waals surface area contributed by atoms with Crippen LogP contribution < -0.4 is 10.6 Å². The smallest absolute Gasteiger partial charge is 0.229 e. The molecule has 0 radical (unpaired) electrons. The molecule has 4 nitrogen and oxygen atoms in total. The molecule has 1 aromatic heterocycles. The third kappa shape index (κ3) is 3.23. The third-order valence-corrected chi connectivity index (χ3v) is 4.76. The predicted molar refractivity (Wildman–Crippen MR) is 95.9 cm³/mol. The van der Waals surface area contributed by atoms with Gasteiger partial charge < -0.3 is 10.6 Å². The average molecular weight is 335 g/mol. The molecule has 4 rings (SSSR count). The van der Waals surface area contributed by atoms with E-state index in [9.17, 15) is 9.18 Å². The number of carbonyl (C=O) groups is 1. The number of anilines is 1. The van der Waals surface area contributed by atoms with Gasteiger partial charge in [-0.15, -0.1) is 0 Å². The zero-order valence-electron chi connectivity index (χ0n) is 13.6. The second kappa shape index (κ2) is 6.61. The molecule has 0 saturated carbocycles. The number of benzene rings is 2. The molecule has 25 heavy (non-hydrogen) atoms. The lowest BCUT2D eigenvalue weighted by Gasteiger charge is -2.19. The van der Waals surface area contributed by atoms with Crippen molar-refractivity contribution in [3.05, 3.63) is 72.3 Å². The Labute approximate surface area is 145 Å². The number of amides is 1. The van der Waals surface area contributed by atoms with Gasteiger partial charge in [-0.3, -0.25) is 9.78 Å². The van der Waals surface area contributed by atoms with E-state index in [1.54, 1.807) is 24.5 Å². The molecule has 1 aliphatic heterocycles. The summed E-state index contributed by atoms with van der Waals surface area (Å²) in [6.07, 6.45) is 3.53. The number of pyridine rings is 1. The van der Waals surface area contributed by atoms with E-state index in [2.05, 4.69) is 15.6 Å². The molecule has 2 atom stereocenters. The van der Waals surface area contributed by atoms with Gasteiger partial charge >= 0.3 is 0 Å². The Balaban J connectivity index is 1.53. The fourth-order valence-electron chi connectivity index (χ4n) is 3.41. The van der Waals surface area contributed by atoms with E-state index >= 15 is 0 Å². The van der Waals surface area contributed by atoms with Gasteiger partial charge in [0.25, 0.3) is 0 Å². The van der Waals surface area contributed by atoms with E-state index in [0.717, 1.165) is 22.0 Å². The number of hydrogen-bond donors (Lipinski definition) is 2. The molecule has 0 spiro atoms. The molecule has 2 unspecified atom stereocenters. The molecule has 3 aromatic rings. The minimum atomic E-state index is -0.263. The molecule has 1 amide bonds. The van der Waals surface area contributed by atoms with Gasteiger partial charge in [0.15, 0.2) is 0 Å². The molecule has 1 saturated heterocycles. The van der Waals surface area contributed by atoms with Crippen LogP contribution in [0, 0.1) is 11.7 Å². The highest BCUT2D eigenvalue weighted by molar-refractivity contribution is 5.96. The average Bonchev–Trinajstić information content (AvgIpc) is 3.12. The van der Waals surface area contributed by atoms with Crippen LogP contribution in [-0.2, 0) is 4.79 Å². The van der Waals surface area contributed by atoms with Crippen LogP contribution in [0.25, 0.3) is 10.8 Å². The quantitative estimate of drug-likeness (QED) is 0.772. The lowest BCUT2D eigenvalue weighted by Crippen LogP contribution is -2.28. The molecule has 2 heterocycles. The summed E-state index contributed by atoms with van der Waals surface area (Å²) in [5, 5.41) is 8.35. The number of carbonyl (C=O) groups excluding carboxylic acids is 1. The maximum atomic E-state index is 13.1. The Hall–Kier alpha value is -2.79. The minimum absolute atomic E-state index is 0.0206. The molecular formula is C20H18FN3O. The summed E-state index contributed by atoms with van der Waals surface area (Å²) in [7, 11) is 0. The first kappa shape index (κ1) is 15.7. The second-order valence-electron chi connectivity index (χ2n) is 6.35. The fourth-order valence-corrected chi connectivity index (χ4v) is 3.41. The van der Waals surface area contributed by atoms with E-state index < -0.39 is 0 Å². The molecule has 1 fully saturated rings. The number of fused-ring (bicyclic) bond motifs is 1. The van der Waals surface area contributed by atoms with Crippen molar-refractivity contribution < 1.29 is 9.18 Å². The summed E-state index contributed by atoms with van der Waals surface area (Å²) >= 11 is 0. The van der Waals surface area contributed by atoms with Gasteiger partial charge in [0, 0.05) is 42.5 Å². The summed E-state index contributed by atoms with van der Waals surface area (Å²) in [4.78, 5) is 16.9. The highest BCUT2D eigenvalue weighted by atomic mass is 19.1. The van der Waals surface area contributed by atoms with E-state index in [1.807, 2.05) is 24.3 Å². The van der Waals surface area contributed by atoms with Crippen molar-refractivity contribution in [2.75, 3.05) is 18.4 Å². The summed E-state index contributed by atoms with van der Waals surface area (Å²) in [5.74, 6) is -0.419. The van der Waals surface area contributed by atoms with Crippen molar-refractivity contribution >= 4 is 22.4 Å². The van der Waals surface area contributed by atoms with Crippen molar-refractivity contribution in [1.82, 2.24) is 10.3 Å². The van der Waals surface area contributed by atoms with Crippen LogP contribution in [0.4, 0.5) is 10.1 Å². The van der Waals surface area contributed by atoms with Crippen molar-refractivity contribution in [3.8, 4) is 0 Å². The maximum Gasteiger partial charge on any atom is 0.229 e. The SMILES string of the molecule is O=C(Nc1ccc2cnccc2c1)C1CNCC1c1ccc(F)cc1. The van der Waals surface area contributed by atoms with Crippen LogP contribution in [0.3, 0.4) is 0 Å². The van der Waals surface area contributed by atoms with Crippen molar-refractivity contribution in [1.29, 1.82) is 0 Å². The summed E-state index contributed by atoms with van der Waals surface area (Å²) in [5.41, 5.74) is 1.75. The largest absolute Gasteiger partial charge is 0.326 e. The normalized spacial score (nSPS) is 19.9. The highest BCUT2D eigenvalue weighted by Crippen LogP contribution is 2.29. The first-order chi connectivity index (χ1) is 12.2. The summed E-state index contributed by atoms with van der Waals surface area (Å²) < 4.78 is 13.1. The van der Waals surface area contributed by atoms with Gasteiger partial charge in [-0.1, -0.05) is 18.2 Å². The maximum absolute atomic E-state index is 13.1. The van der Waals surface area contributed by atoms with Crippen LogP contribution in [0.1, 0.15) is 11.5 Å². The zero-order valence-corrected chi connectivity index (χ0v) is 13.6. The summed E-state index contributed by atoms with van der Waals surface area (Å²) in [6.45, 7) is 1.33. The minimum Gasteiger partial charge on any atom is -0.326 e. The Morgan fingerprint density at radius 2 is 1.92 bits per heavy atom. The topological polar surface area (TPSA) is 54.0 Å². The van der Waals surface area contributed by atoms with E-state index in [0.29, 0.717) is 13.1 Å². The van der Waals surface area contributed by atoms with Crippen molar-refractivity contribution in [2.45, 2.75) is 5.92 Å². The molecule has 2 N–H and O–H groups in total. The number of halogens is 1. The Morgan fingerprint density at radius 3 is 2.76 bits per heavy atom. The van der Waals surface area contributed by atoms with Gasteiger partial charge in [0.2, 0.25) is 5.91 Å². The first-order valence-electron chi connectivity index (χ1n) is 8.31. The standard InChI is InChI=1S/C20H18FN3O/c21-16-4-1-13(2-5-16)18-11-23-12-19(18)20(25)24-17-6-3-15-10-22-8-7-14(15)9-17/h1-10,18-19,23H,11-12H2,(H,24,25). The van der Waals surface area contributed by atoms with E-state index in [-0.39, 0.29) is 23.6 Å². The Morgan fingerprint density at radius 1 is 1.08 bits per heavy atom. The monoisotopic (exact) mass is 335 g/mol. The van der Waals surface area contributed by atoms with Gasteiger partial charge in [0.05, 0.1) is 5.92 Å². The molecule has 2 aromatic carbocycles. The highest BCUT2D eigenvalue weighted by Gasteiger charge is 2.34. The number of aromatic nitrogens is 1. The Bertz CT molecular complexity index is 910. The predicted octanol–water partition coefficient (Wildman–Crippen LogP) is 3.32. The molecule has 0 aliphatic carbocycles. The summed E-state index contributed by atoms with van der Waals surface area (Å²) in [6, 6.07) is 14.1. The zero-order chi connectivity index (χ0) is 17.2. The van der Waals surface area contributed by atoms with E-state index in [4.69, 9.17) is 0 Å². The number of rotatable bonds is 3. The molecular weight excluding hydrogens is 317 g/mol. The molecule has 5 heteroatoms. The molecule has 126 valence electrons. The van der Waals surface area contributed by atoms with Gasteiger partial charge in [-0.25, -0.2) is 4.39 Å². The Kier molecular flexibility index (Phi) is 4.15. The van der Waals surface area contributed by atoms with Crippen LogP contribution >= 0.6 is 0 Å². The fraction of sp³-hybridized carbons (Fsp3) is 0.200. The molecule has 1 aliphatic rings. The van der Waals surface area contributed by atoms with Gasteiger partial charge in [-0.2, -0.15) is 0 Å². The van der Waals surface area contributed by atoms with Crippen LogP contribution in [0.2, 0.25) is 0 Å². The van der Waals surface area contributed by atoms with Crippen molar-refractivity contribution in [2.24, 2.45) is 5.92 Å². The number of hydrogen-bond acceptors (Lipinski definition) is 3. The third-order valence-electron chi connectivity index (χ3n) is 4.76. The van der Waals surface area contributed by atoms with Crippen LogP contribution in [0.15, 0.2) is 60.9 Å². The van der Waals surface area contributed by atoms with Crippen molar-refractivity contribution in [3.63, 3.8) is 0 Å². The van der Waals surface area contributed by atoms with Gasteiger partial charge in [0.1, 0.15) is 5.82 Å². The van der Waals surface area contributed by atoms with Gasteiger partial charge in [-0.05, 0) is 41.3 Å². The lowest BCUT2D eigenvalue weighted by atomic mass is 9.88. The van der Waals surface area contributed by atoms with Crippen LogP contribution in [0.5, 0.6) is 0 Å². The number of nitrogens with one attached hydrogen (secondary N) is 2.